The van der Waals surface area contributed by atoms with Crippen LogP contribution in [0.1, 0.15) is 17.3 Å². The van der Waals surface area contributed by atoms with E-state index >= 15 is 0 Å². The van der Waals surface area contributed by atoms with E-state index in [0.29, 0.717) is 34.6 Å². The fourth-order valence-electron chi connectivity index (χ4n) is 2.82. The van der Waals surface area contributed by atoms with Gasteiger partial charge in [0.05, 0.1) is 25.5 Å². The predicted molar refractivity (Wildman–Crippen MR) is 117 cm³/mol. The van der Waals surface area contributed by atoms with E-state index in [-0.39, 0.29) is 11.7 Å². The molecule has 162 valence electrons. The second kappa shape index (κ2) is 10.5. The van der Waals surface area contributed by atoms with Gasteiger partial charge in [0.2, 0.25) is 5.91 Å². The molecule has 3 rings (SSSR count). The summed E-state index contributed by atoms with van der Waals surface area (Å²) < 4.78 is 12.4. The highest BCUT2D eigenvalue weighted by atomic mass is 32.2. The number of ether oxygens (including phenoxy) is 2. The lowest BCUT2D eigenvalue weighted by atomic mass is 10.2. The average molecular weight is 442 g/mol. The minimum absolute atomic E-state index is 0.0625. The fraction of sp³-hybridized carbons (Fsp3) is 0.238. The molecule has 2 N–H and O–H groups in total. The Hall–Kier alpha value is -3.53. The number of thioether (sulfide) groups is 1. The summed E-state index contributed by atoms with van der Waals surface area (Å²) in [5.41, 5.74) is 6.03. The van der Waals surface area contributed by atoms with Gasteiger partial charge in [-0.1, -0.05) is 23.9 Å². The van der Waals surface area contributed by atoms with Crippen LogP contribution in [0.25, 0.3) is 11.4 Å². The van der Waals surface area contributed by atoms with Crippen LogP contribution in [0.2, 0.25) is 0 Å². The second-order valence-electron chi connectivity index (χ2n) is 6.27. The maximum Gasteiger partial charge on any atom is 0.269 e. The van der Waals surface area contributed by atoms with Crippen LogP contribution in [0.4, 0.5) is 0 Å². The first-order valence-corrected chi connectivity index (χ1v) is 10.5. The van der Waals surface area contributed by atoms with Crippen molar-refractivity contribution in [2.24, 2.45) is 0 Å². The van der Waals surface area contributed by atoms with Gasteiger partial charge in [-0.3, -0.25) is 20.4 Å². The van der Waals surface area contributed by atoms with E-state index in [4.69, 9.17) is 9.47 Å². The van der Waals surface area contributed by atoms with Crippen LogP contribution in [0.15, 0.2) is 53.7 Å². The largest absolute Gasteiger partial charge is 0.497 e. The first kappa shape index (κ1) is 22.2. The van der Waals surface area contributed by atoms with E-state index in [9.17, 15) is 9.59 Å². The molecule has 0 spiro atoms. The molecule has 2 aromatic carbocycles. The van der Waals surface area contributed by atoms with Crippen LogP contribution in [-0.4, -0.2) is 46.6 Å². The molecular formula is C21H23N5O4S. The number of hydrogen-bond acceptors (Lipinski definition) is 7. The van der Waals surface area contributed by atoms with Gasteiger partial charge in [-0.2, -0.15) is 0 Å². The quantitative estimate of drug-likeness (QED) is 0.409. The summed E-state index contributed by atoms with van der Waals surface area (Å²) in [6, 6.07) is 14.1. The highest BCUT2D eigenvalue weighted by Crippen LogP contribution is 2.30. The SMILES string of the molecule is CCn1c(SCC(=O)NNC(=O)c2ccc(OC)cc2)nnc1-c1ccccc1OC. The summed E-state index contributed by atoms with van der Waals surface area (Å²) in [6.07, 6.45) is 0. The van der Waals surface area contributed by atoms with E-state index in [1.54, 1.807) is 38.5 Å². The van der Waals surface area contributed by atoms with Crippen LogP contribution in [-0.2, 0) is 11.3 Å². The molecule has 0 aliphatic carbocycles. The van der Waals surface area contributed by atoms with Gasteiger partial charge in [0.15, 0.2) is 11.0 Å². The van der Waals surface area contributed by atoms with E-state index in [0.717, 1.165) is 5.56 Å². The van der Waals surface area contributed by atoms with Gasteiger partial charge in [-0.15, -0.1) is 10.2 Å². The number of aromatic nitrogens is 3. The second-order valence-corrected chi connectivity index (χ2v) is 7.21. The fourth-order valence-corrected chi connectivity index (χ4v) is 3.62. The molecule has 0 fully saturated rings. The number of hydrazine groups is 1. The van der Waals surface area contributed by atoms with E-state index in [1.807, 2.05) is 35.8 Å². The Kier molecular flexibility index (Phi) is 7.50. The summed E-state index contributed by atoms with van der Waals surface area (Å²) in [6.45, 7) is 2.60. The first-order chi connectivity index (χ1) is 15.1. The zero-order valence-corrected chi connectivity index (χ0v) is 18.2. The Morgan fingerprint density at radius 3 is 2.42 bits per heavy atom. The number of hydrogen-bond donors (Lipinski definition) is 2. The molecule has 10 heteroatoms. The topological polar surface area (TPSA) is 107 Å². The number of nitrogens with one attached hydrogen (secondary N) is 2. The van der Waals surface area contributed by atoms with Gasteiger partial charge in [-0.25, -0.2) is 0 Å². The standard InChI is InChI=1S/C21H23N5O4S/c1-4-26-19(16-7-5-6-8-17(16)30-3)23-25-21(26)31-13-18(27)22-24-20(28)14-9-11-15(29-2)12-10-14/h5-12H,4,13H2,1-3H3,(H,22,27)(H,24,28). The van der Waals surface area contributed by atoms with E-state index < -0.39 is 5.91 Å². The Labute approximate surface area is 184 Å². The van der Waals surface area contributed by atoms with E-state index in [1.165, 1.54) is 11.8 Å². The molecule has 0 aliphatic heterocycles. The Bertz CT molecular complexity index is 1050. The van der Waals surface area contributed by atoms with Crippen LogP contribution < -0.4 is 20.3 Å². The monoisotopic (exact) mass is 441 g/mol. The molecule has 1 heterocycles. The number of rotatable bonds is 8. The molecule has 1 aromatic heterocycles. The van der Waals surface area contributed by atoms with Crippen LogP contribution in [0, 0.1) is 0 Å². The molecule has 3 aromatic rings. The lowest BCUT2D eigenvalue weighted by Crippen LogP contribution is -2.42. The summed E-state index contributed by atoms with van der Waals surface area (Å²) >= 11 is 1.23. The normalized spacial score (nSPS) is 10.4. The molecule has 0 saturated heterocycles. The van der Waals surface area contributed by atoms with Crippen molar-refractivity contribution in [3.63, 3.8) is 0 Å². The van der Waals surface area contributed by atoms with Gasteiger partial charge in [0.1, 0.15) is 11.5 Å². The molecule has 0 aliphatic rings. The third-order valence-electron chi connectivity index (χ3n) is 4.38. The zero-order valence-electron chi connectivity index (χ0n) is 17.4. The molecule has 31 heavy (non-hydrogen) atoms. The number of benzene rings is 2. The maximum absolute atomic E-state index is 12.2. The zero-order chi connectivity index (χ0) is 22.2. The minimum Gasteiger partial charge on any atom is -0.497 e. The van der Waals surface area contributed by atoms with Crippen molar-refractivity contribution in [3.05, 3.63) is 54.1 Å². The van der Waals surface area contributed by atoms with Gasteiger partial charge >= 0.3 is 0 Å². The number of carbonyl (C=O) groups excluding carboxylic acids is 2. The summed E-state index contributed by atoms with van der Waals surface area (Å²) in [7, 11) is 3.15. The smallest absolute Gasteiger partial charge is 0.269 e. The van der Waals surface area contributed by atoms with Gasteiger partial charge in [-0.05, 0) is 43.3 Å². The average Bonchev–Trinajstić information content (AvgIpc) is 3.23. The third kappa shape index (κ3) is 5.34. The number of nitrogens with zero attached hydrogens (tertiary/aromatic N) is 3. The van der Waals surface area contributed by atoms with Crippen molar-refractivity contribution in [2.45, 2.75) is 18.6 Å². The predicted octanol–water partition coefficient (Wildman–Crippen LogP) is 2.54. The van der Waals surface area contributed by atoms with Gasteiger partial charge in [0, 0.05) is 12.1 Å². The van der Waals surface area contributed by atoms with Gasteiger partial charge in [0.25, 0.3) is 5.91 Å². The number of para-hydroxylation sites is 1. The molecule has 0 saturated carbocycles. The molecule has 2 amide bonds. The Balaban J connectivity index is 1.59. The molecular weight excluding hydrogens is 418 g/mol. The minimum atomic E-state index is -0.420. The number of amides is 2. The van der Waals surface area contributed by atoms with Crippen LogP contribution in [0.3, 0.4) is 0 Å². The van der Waals surface area contributed by atoms with Crippen LogP contribution >= 0.6 is 11.8 Å². The molecule has 0 unspecified atom stereocenters. The van der Waals surface area contributed by atoms with Crippen molar-refractivity contribution in [2.75, 3.05) is 20.0 Å². The molecule has 9 nitrogen and oxygen atoms in total. The summed E-state index contributed by atoms with van der Waals surface area (Å²) in [4.78, 5) is 24.3. The first-order valence-electron chi connectivity index (χ1n) is 9.50. The van der Waals surface area contributed by atoms with Crippen molar-refractivity contribution in [3.8, 4) is 22.9 Å². The molecule has 0 radical (unpaired) electrons. The van der Waals surface area contributed by atoms with Crippen molar-refractivity contribution in [1.29, 1.82) is 0 Å². The third-order valence-corrected chi connectivity index (χ3v) is 5.35. The summed E-state index contributed by atoms with van der Waals surface area (Å²) in [5.74, 6) is 1.28. The highest BCUT2D eigenvalue weighted by Gasteiger charge is 2.17. The lowest BCUT2D eigenvalue weighted by Gasteiger charge is -2.10. The van der Waals surface area contributed by atoms with Crippen molar-refractivity contribution < 1.29 is 19.1 Å². The summed E-state index contributed by atoms with van der Waals surface area (Å²) in [5, 5.41) is 9.08. The van der Waals surface area contributed by atoms with Crippen molar-refractivity contribution in [1.82, 2.24) is 25.6 Å². The maximum atomic E-state index is 12.2. The Morgan fingerprint density at radius 2 is 1.74 bits per heavy atom. The number of methoxy groups -OCH3 is 2. The van der Waals surface area contributed by atoms with Crippen LogP contribution in [0.5, 0.6) is 11.5 Å². The Morgan fingerprint density at radius 1 is 1.00 bits per heavy atom. The van der Waals surface area contributed by atoms with Gasteiger partial charge < -0.3 is 14.0 Å². The molecule has 0 bridgehead atoms. The van der Waals surface area contributed by atoms with Crippen molar-refractivity contribution >= 4 is 23.6 Å². The lowest BCUT2D eigenvalue weighted by molar-refractivity contribution is -0.119. The highest BCUT2D eigenvalue weighted by molar-refractivity contribution is 7.99. The number of carbonyl (C=O) groups is 2. The molecule has 0 atom stereocenters. The van der Waals surface area contributed by atoms with E-state index in [2.05, 4.69) is 21.0 Å².